The zero-order valence-corrected chi connectivity index (χ0v) is 7.41. The van der Waals surface area contributed by atoms with E-state index in [-0.39, 0.29) is 18.5 Å². The first kappa shape index (κ1) is 10.5. The monoisotopic (exact) mass is 178 g/mol. The van der Waals surface area contributed by atoms with E-state index < -0.39 is 7.60 Å². The normalized spacial score (nSPS) is 15.2. The molecular weight excluding hydrogens is 167 g/mol. The van der Waals surface area contributed by atoms with E-state index in [2.05, 4.69) is 9.31 Å². The number of rotatable bonds is 4. The molecule has 0 aliphatic carbocycles. The fraction of sp³-hybridized carbons (Fsp3) is 0.800. The number of hydrogen-bond acceptors (Lipinski definition) is 2. The zero-order chi connectivity index (χ0) is 8.91. The molecule has 0 saturated heterocycles. The third-order valence-corrected chi connectivity index (χ3v) is 2.73. The Balaban J connectivity index is 4.53. The fourth-order valence-corrected chi connectivity index (χ4v) is 1.59. The molecule has 0 bridgehead atoms. The van der Waals surface area contributed by atoms with Crippen molar-refractivity contribution in [2.75, 3.05) is 6.61 Å². The van der Waals surface area contributed by atoms with Gasteiger partial charge < -0.3 is 14.9 Å². The second kappa shape index (κ2) is 4.42. The SMILES string of the molecule is CCOP(=O)(O)C(CC)=[N+]=[N-]. The molecule has 5 nitrogen and oxygen atoms in total. The lowest BCUT2D eigenvalue weighted by Crippen LogP contribution is -2.02. The second-order valence-electron chi connectivity index (χ2n) is 1.81. The van der Waals surface area contributed by atoms with Gasteiger partial charge in [0, 0.05) is 0 Å². The van der Waals surface area contributed by atoms with Crippen molar-refractivity contribution in [1.29, 1.82) is 0 Å². The minimum Gasteiger partial charge on any atom is -0.361 e. The summed E-state index contributed by atoms with van der Waals surface area (Å²) in [6, 6.07) is 0. The van der Waals surface area contributed by atoms with Crippen LogP contribution in [0.3, 0.4) is 0 Å². The summed E-state index contributed by atoms with van der Waals surface area (Å²) in [4.78, 5) is 11.7. The molecule has 1 atom stereocenters. The molecule has 0 amide bonds. The number of nitrogens with zero attached hydrogens (tertiary/aromatic N) is 2. The van der Waals surface area contributed by atoms with Gasteiger partial charge in [-0.25, -0.2) is 4.57 Å². The van der Waals surface area contributed by atoms with Gasteiger partial charge in [0.25, 0.3) is 0 Å². The van der Waals surface area contributed by atoms with Crippen molar-refractivity contribution in [3.63, 3.8) is 0 Å². The molecule has 11 heavy (non-hydrogen) atoms. The Kier molecular flexibility index (Phi) is 4.23. The summed E-state index contributed by atoms with van der Waals surface area (Å²) in [7, 11) is -3.80. The molecule has 0 heterocycles. The summed E-state index contributed by atoms with van der Waals surface area (Å²) in [5.41, 5.74) is 8.06. The Bertz CT molecular complexity index is 222. The summed E-state index contributed by atoms with van der Waals surface area (Å²) in [5, 5.41) is 0. The first-order valence-corrected chi connectivity index (χ1v) is 4.85. The summed E-state index contributed by atoms with van der Waals surface area (Å²) < 4.78 is 15.5. The van der Waals surface area contributed by atoms with Gasteiger partial charge in [-0.1, -0.05) is 6.92 Å². The Labute approximate surface area is 65.2 Å². The molecule has 0 aromatic heterocycles. The first-order chi connectivity index (χ1) is 5.08. The van der Waals surface area contributed by atoms with E-state index >= 15 is 0 Å². The molecule has 0 aromatic carbocycles. The molecule has 0 saturated carbocycles. The van der Waals surface area contributed by atoms with Crippen molar-refractivity contribution in [3.8, 4) is 0 Å². The standard InChI is InChI=1S/C5H11N2O3P/c1-3-5(7-6)11(8,9)10-4-2/h3-4H2,1-2H3,(H,8,9). The van der Waals surface area contributed by atoms with Crippen LogP contribution in [0.4, 0.5) is 0 Å². The van der Waals surface area contributed by atoms with Crippen LogP contribution >= 0.6 is 7.60 Å². The lowest BCUT2D eigenvalue weighted by atomic mass is 10.5. The predicted molar refractivity (Wildman–Crippen MR) is 40.4 cm³/mol. The maximum absolute atomic E-state index is 11.0. The Morgan fingerprint density at radius 1 is 1.73 bits per heavy atom. The minimum absolute atomic E-state index is 0.118. The van der Waals surface area contributed by atoms with E-state index in [0.29, 0.717) is 0 Å². The topological polar surface area (TPSA) is 82.9 Å². The van der Waals surface area contributed by atoms with Crippen LogP contribution in [0, 0.1) is 0 Å². The maximum atomic E-state index is 11.0. The zero-order valence-electron chi connectivity index (χ0n) is 6.52. The van der Waals surface area contributed by atoms with E-state index in [1.165, 1.54) is 0 Å². The quantitative estimate of drug-likeness (QED) is 0.304. The van der Waals surface area contributed by atoms with E-state index in [9.17, 15) is 4.57 Å². The van der Waals surface area contributed by atoms with Gasteiger partial charge in [-0.2, -0.15) is 4.79 Å². The third kappa shape index (κ3) is 2.95. The van der Waals surface area contributed by atoms with Crippen molar-refractivity contribution < 1.29 is 18.8 Å². The van der Waals surface area contributed by atoms with Gasteiger partial charge in [0.1, 0.15) is 0 Å². The van der Waals surface area contributed by atoms with E-state index in [4.69, 9.17) is 10.4 Å². The molecule has 0 fully saturated rings. The molecule has 1 unspecified atom stereocenters. The van der Waals surface area contributed by atoms with Crippen LogP contribution in [0.5, 0.6) is 0 Å². The van der Waals surface area contributed by atoms with E-state index in [0.717, 1.165) is 0 Å². The van der Waals surface area contributed by atoms with Crippen LogP contribution in [-0.2, 0) is 9.09 Å². The van der Waals surface area contributed by atoms with Crippen molar-refractivity contribution in [1.82, 2.24) is 0 Å². The highest BCUT2D eigenvalue weighted by atomic mass is 31.2. The lowest BCUT2D eigenvalue weighted by molar-refractivity contribution is -0.00572. The van der Waals surface area contributed by atoms with Gasteiger partial charge in [-0.05, 0) is 6.92 Å². The molecule has 0 radical (unpaired) electrons. The lowest BCUT2D eigenvalue weighted by Gasteiger charge is -2.03. The molecule has 64 valence electrons. The molecule has 6 heteroatoms. The van der Waals surface area contributed by atoms with Gasteiger partial charge in [-0.15, -0.1) is 0 Å². The van der Waals surface area contributed by atoms with Crippen LogP contribution in [0.25, 0.3) is 5.53 Å². The van der Waals surface area contributed by atoms with Gasteiger partial charge in [0.15, 0.2) is 0 Å². The highest BCUT2D eigenvalue weighted by Crippen LogP contribution is 2.43. The Morgan fingerprint density at radius 3 is 2.55 bits per heavy atom. The molecule has 1 N–H and O–H groups in total. The summed E-state index contributed by atoms with van der Waals surface area (Å²) >= 11 is 0. The molecule has 0 aliphatic heterocycles. The summed E-state index contributed by atoms with van der Waals surface area (Å²) in [6.07, 6.45) is 0.199. The predicted octanol–water partition coefficient (Wildman–Crippen LogP) is 1.25. The van der Waals surface area contributed by atoms with Gasteiger partial charge in [-0.3, -0.25) is 0 Å². The maximum Gasteiger partial charge on any atom is 0.434 e. The highest BCUT2D eigenvalue weighted by molar-refractivity contribution is 7.71. The average Bonchev–Trinajstić information content (AvgIpc) is 1.89. The molecule has 0 spiro atoms. The molecular formula is C5H11N2O3P. The molecule has 0 rings (SSSR count). The number of hydrogen-bond donors (Lipinski definition) is 1. The van der Waals surface area contributed by atoms with Gasteiger partial charge in [0.05, 0.1) is 13.0 Å². The van der Waals surface area contributed by atoms with Gasteiger partial charge in [0.2, 0.25) is 0 Å². The largest absolute Gasteiger partial charge is 0.434 e. The Hall–Kier alpha value is -0.470. The van der Waals surface area contributed by atoms with Crippen molar-refractivity contribution in [3.05, 3.63) is 5.53 Å². The highest BCUT2D eigenvalue weighted by Gasteiger charge is 2.33. The first-order valence-electron chi connectivity index (χ1n) is 3.27. The van der Waals surface area contributed by atoms with Crippen LogP contribution in [0.2, 0.25) is 0 Å². The van der Waals surface area contributed by atoms with Crippen LogP contribution in [-0.4, -0.2) is 21.7 Å². The van der Waals surface area contributed by atoms with Crippen LogP contribution in [0.1, 0.15) is 20.3 Å². The Morgan fingerprint density at radius 2 is 2.27 bits per heavy atom. The minimum atomic E-state index is -3.80. The second-order valence-corrected chi connectivity index (χ2v) is 3.62. The fourth-order valence-electron chi connectivity index (χ4n) is 0.577. The molecule has 0 aromatic rings. The summed E-state index contributed by atoms with van der Waals surface area (Å²) in [6.45, 7) is 3.32. The van der Waals surface area contributed by atoms with Crippen molar-refractivity contribution in [2.24, 2.45) is 0 Å². The van der Waals surface area contributed by atoms with E-state index in [1.807, 2.05) is 0 Å². The van der Waals surface area contributed by atoms with E-state index in [1.54, 1.807) is 13.8 Å². The molecule has 0 aliphatic rings. The summed E-state index contributed by atoms with van der Waals surface area (Å²) in [5.74, 6) is 0. The van der Waals surface area contributed by atoms with Crippen LogP contribution in [0.15, 0.2) is 0 Å². The van der Waals surface area contributed by atoms with Gasteiger partial charge >= 0.3 is 13.0 Å². The average molecular weight is 178 g/mol. The van der Waals surface area contributed by atoms with Crippen molar-refractivity contribution >= 4 is 13.0 Å². The smallest absolute Gasteiger partial charge is 0.361 e. The van der Waals surface area contributed by atoms with Crippen molar-refractivity contribution in [2.45, 2.75) is 20.3 Å². The third-order valence-electron chi connectivity index (χ3n) is 1.06. The van der Waals surface area contributed by atoms with Crippen LogP contribution < -0.4 is 0 Å².